The van der Waals surface area contributed by atoms with Crippen LogP contribution in [0.3, 0.4) is 0 Å². The molecule has 2 aliphatic rings. The van der Waals surface area contributed by atoms with Crippen molar-refractivity contribution in [1.29, 1.82) is 0 Å². The van der Waals surface area contributed by atoms with Gasteiger partial charge in [-0.1, -0.05) is 13.3 Å². The number of aliphatic hydroxyl groups is 1. The van der Waals surface area contributed by atoms with E-state index in [2.05, 4.69) is 32.5 Å². The zero-order chi connectivity index (χ0) is 16.1. The monoisotopic (exact) mass is 320 g/mol. The zero-order valence-corrected chi connectivity index (χ0v) is 14.5. The molecule has 130 valence electrons. The molecule has 0 aromatic carbocycles. The van der Waals surface area contributed by atoms with Gasteiger partial charge in [0.1, 0.15) is 5.82 Å². The SMILES string of the molecule is CCCn1ccnc1CN1C[C@@H](CN2CCCCC2)[C@@H](CO)C1. The van der Waals surface area contributed by atoms with Crippen LogP contribution in [-0.4, -0.2) is 63.8 Å². The van der Waals surface area contributed by atoms with Crippen LogP contribution in [0, 0.1) is 11.8 Å². The van der Waals surface area contributed by atoms with Crippen molar-refractivity contribution < 1.29 is 5.11 Å². The van der Waals surface area contributed by atoms with Crippen molar-refractivity contribution in [3.05, 3.63) is 18.2 Å². The van der Waals surface area contributed by atoms with E-state index in [1.807, 2.05) is 6.20 Å². The summed E-state index contributed by atoms with van der Waals surface area (Å²) in [5.74, 6) is 2.20. The van der Waals surface area contributed by atoms with E-state index in [0.717, 1.165) is 39.1 Å². The summed E-state index contributed by atoms with van der Waals surface area (Å²) in [6, 6.07) is 0. The lowest BCUT2D eigenvalue weighted by atomic mass is 9.95. The fourth-order valence-electron chi connectivity index (χ4n) is 4.19. The summed E-state index contributed by atoms with van der Waals surface area (Å²) in [5.41, 5.74) is 0. The van der Waals surface area contributed by atoms with Crippen LogP contribution in [0.1, 0.15) is 38.4 Å². The lowest BCUT2D eigenvalue weighted by molar-refractivity contribution is 0.149. The van der Waals surface area contributed by atoms with Crippen molar-refractivity contribution in [2.75, 3.05) is 39.3 Å². The second-order valence-corrected chi connectivity index (χ2v) is 7.29. The molecule has 0 bridgehead atoms. The summed E-state index contributed by atoms with van der Waals surface area (Å²) in [6.07, 6.45) is 9.21. The Morgan fingerprint density at radius 1 is 1.13 bits per heavy atom. The highest BCUT2D eigenvalue weighted by atomic mass is 16.3. The first-order valence-electron chi connectivity index (χ1n) is 9.35. The Hall–Kier alpha value is -0.910. The summed E-state index contributed by atoms with van der Waals surface area (Å²) in [4.78, 5) is 9.64. The van der Waals surface area contributed by atoms with Crippen LogP contribution < -0.4 is 0 Å². The molecule has 0 aliphatic carbocycles. The van der Waals surface area contributed by atoms with Crippen LogP contribution in [-0.2, 0) is 13.1 Å². The molecule has 1 N–H and O–H groups in total. The largest absolute Gasteiger partial charge is 0.396 e. The molecule has 1 aromatic rings. The Kier molecular flexibility index (Phi) is 6.08. The Labute approximate surface area is 140 Å². The van der Waals surface area contributed by atoms with Gasteiger partial charge in [-0.25, -0.2) is 4.98 Å². The number of imidazole rings is 1. The third-order valence-corrected chi connectivity index (χ3v) is 5.46. The first kappa shape index (κ1) is 16.9. The number of hydrogen-bond donors (Lipinski definition) is 1. The van der Waals surface area contributed by atoms with Crippen molar-refractivity contribution in [2.24, 2.45) is 11.8 Å². The molecule has 0 spiro atoms. The van der Waals surface area contributed by atoms with Gasteiger partial charge in [0.15, 0.2) is 0 Å². The van der Waals surface area contributed by atoms with E-state index in [-0.39, 0.29) is 0 Å². The number of likely N-dealkylation sites (tertiary alicyclic amines) is 2. The minimum absolute atomic E-state index is 0.318. The minimum Gasteiger partial charge on any atom is -0.396 e. The molecule has 2 atom stereocenters. The topological polar surface area (TPSA) is 44.5 Å². The Bertz CT molecular complexity index is 469. The second-order valence-electron chi connectivity index (χ2n) is 7.29. The normalized spacial score (nSPS) is 26.9. The average Bonchev–Trinajstić information content (AvgIpc) is 3.16. The number of aliphatic hydroxyl groups excluding tert-OH is 1. The minimum atomic E-state index is 0.318. The standard InChI is InChI=1S/C18H32N4O/c1-2-7-22-10-6-19-18(22)14-21-12-16(17(13-21)15-23)11-20-8-4-3-5-9-20/h6,10,16-17,23H,2-5,7-9,11-15H2,1H3/t16-,17-/m1/s1. The van der Waals surface area contributed by atoms with Gasteiger partial charge >= 0.3 is 0 Å². The number of nitrogens with zero attached hydrogens (tertiary/aromatic N) is 4. The Morgan fingerprint density at radius 3 is 2.65 bits per heavy atom. The summed E-state index contributed by atoms with van der Waals surface area (Å²) < 4.78 is 2.27. The first-order chi connectivity index (χ1) is 11.3. The lowest BCUT2D eigenvalue weighted by Gasteiger charge is -2.30. The van der Waals surface area contributed by atoms with Gasteiger partial charge < -0.3 is 14.6 Å². The highest BCUT2D eigenvalue weighted by Gasteiger charge is 2.34. The van der Waals surface area contributed by atoms with E-state index in [1.165, 1.54) is 38.2 Å². The maximum Gasteiger partial charge on any atom is 0.122 e. The predicted octanol–water partition coefficient (Wildman–Crippen LogP) is 1.82. The van der Waals surface area contributed by atoms with Crippen LogP contribution in [0.2, 0.25) is 0 Å². The average molecular weight is 320 g/mol. The second kappa shape index (κ2) is 8.27. The molecule has 23 heavy (non-hydrogen) atoms. The van der Waals surface area contributed by atoms with Crippen LogP contribution >= 0.6 is 0 Å². The van der Waals surface area contributed by atoms with Gasteiger partial charge in [0, 0.05) is 45.2 Å². The van der Waals surface area contributed by atoms with Gasteiger partial charge in [-0.2, -0.15) is 0 Å². The van der Waals surface area contributed by atoms with E-state index >= 15 is 0 Å². The van der Waals surface area contributed by atoms with Gasteiger partial charge in [0.25, 0.3) is 0 Å². The highest BCUT2D eigenvalue weighted by Crippen LogP contribution is 2.26. The number of piperidine rings is 1. The molecule has 2 fully saturated rings. The van der Waals surface area contributed by atoms with Crippen LogP contribution in [0.25, 0.3) is 0 Å². The molecule has 0 saturated carbocycles. The smallest absolute Gasteiger partial charge is 0.122 e. The van der Waals surface area contributed by atoms with E-state index in [9.17, 15) is 5.11 Å². The molecule has 1 aromatic heterocycles. The summed E-state index contributed by atoms with van der Waals surface area (Å²) in [7, 11) is 0. The third-order valence-electron chi connectivity index (χ3n) is 5.46. The van der Waals surface area contributed by atoms with Crippen molar-refractivity contribution >= 4 is 0 Å². The number of hydrogen-bond acceptors (Lipinski definition) is 4. The molecular weight excluding hydrogens is 288 g/mol. The molecule has 3 rings (SSSR count). The van der Waals surface area contributed by atoms with Crippen molar-refractivity contribution in [3.8, 4) is 0 Å². The van der Waals surface area contributed by atoms with E-state index in [0.29, 0.717) is 18.4 Å². The maximum atomic E-state index is 9.78. The van der Waals surface area contributed by atoms with Crippen molar-refractivity contribution in [2.45, 2.75) is 45.7 Å². The summed E-state index contributed by atoms with van der Waals surface area (Å²) >= 11 is 0. The maximum absolute atomic E-state index is 9.78. The van der Waals surface area contributed by atoms with E-state index < -0.39 is 0 Å². The molecule has 2 aliphatic heterocycles. The van der Waals surface area contributed by atoms with Crippen molar-refractivity contribution in [1.82, 2.24) is 19.4 Å². The molecule has 2 saturated heterocycles. The van der Waals surface area contributed by atoms with Crippen LogP contribution in [0.5, 0.6) is 0 Å². The predicted molar refractivity (Wildman–Crippen MR) is 92.2 cm³/mol. The number of aryl methyl sites for hydroxylation is 1. The lowest BCUT2D eigenvalue weighted by Crippen LogP contribution is -2.37. The van der Waals surface area contributed by atoms with Crippen molar-refractivity contribution in [3.63, 3.8) is 0 Å². The van der Waals surface area contributed by atoms with Crippen LogP contribution in [0.4, 0.5) is 0 Å². The molecular formula is C18H32N4O. The molecule has 0 unspecified atom stereocenters. The first-order valence-corrected chi connectivity index (χ1v) is 9.35. The Balaban J connectivity index is 1.56. The third kappa shape index (κ3) is 4.34. The molecule has 0 radical (unpaired) electrons. The van der Waals surface area contributed by atoms with E-state index in [1.54, 1.807) is 0 Å². The summed E-state index contributed by atoms with van der Waals surface area (Å²) in [5, 5.41) is 9.78. The van der Waals surface area contributed by atoms with Gasteiger partial charge in [-0.15, -0.1) is 0 Å². The van der Waals surface area contributed by atoms with Crippen LogP contribution in [0.15, 0.2) is 12.4 Å². The fourth-order valence-corrected chi connectivity index (χ4v) is 4.19. The molecule has 0 amide bonds. The zero-order valence-electron chi connectivity index (χ0n) is 14.5. The van der Waals surface area contributed by atoms with Gasteiger partial charge in [-0.3, -0.25) is 4.90 Å². The molecule has 3 heterocycles. The van der Waals surface area contributed by atoms with E-state index in [4.69, 9.17) is 0 Å². The molecule has 5 nitrogen and oxygen atoms in total. The van der Waals surface area contributed by atoms with Gasteiger partial charge in [-0.05, 0) is 44.2 Å². The number of aromatic nitrogens is 2. The Morgan fingerprint density at radius 2 is 1.91 bits per heavy atom. The number of rotatable bonds is 7. The quantitative estimate of drug-likeness (QED) is 0.832. The van der Waals surface area contributed by atoms with Gasteiger partial charge in [0.2, 0.25) is 0 Å². The summed E-state index contributed by atoms with van der Waals surface area (Å²) in [6.45, 7) is 10.2. The fraction of sp³-hybridized carbons (Fsp3) is 0.833. The van der Waals surface area contributed by atoms with Gasteiger partial charge in [0.05, 0.1) is 6.54 Å². The molecule has 5 heteroatoms. The highest BCUT2D eigenvalue weighted by molar-refractivity contribution is 4.95.